The second-order valence-electron chi connectivity index (χ2n) is 8.82. The highest BCUT2D eigenvalue weighted by Gasteiger charge is 2.22. The Bertz CT molecular complexity index is 1230. The molecule has 0 atom stereocenters. The third-order valence-corrected chi connectivity index (χ3v) is 6.63. The molecule has 2 amide bonds. The first-order chi connectivity index (χ1) is 17.4. The second-order valence-corrected chi connectivity index (χ2v) is 8.82. The number of hydrogen-bond acceptors (Lipinski definition) is 6. The lowest BCUT2D eigenvalue weighted by Gasteiger charge is -2.34. The molecule has 0 saturated carbocycles. The van der Waals surface area contributed by atoms with E-state index in [1.165, 1.54) is 0 Å². The Morgan fingerprint density at radius 3 is 2.06 bits per heavy atom. The van der Waals surface area contributed by atoms with E-state index in [9.17, 15) is 9.59 Å². The van der Waals surface area contributed by atoms with Crippen molar-refractivity contribution in [2.45, 2.75) is 6.42 Å². The van der Waals surface area contributed by atoms with Crippen LogP contribution in [0.3, 0.4) is 0 Å². The maximum atomic E-state index is 12.9. The van der Waals surface area contributed by atoms with Crippen LogP contribution in [0.5, 0.6) is 17.2 Å². The van der Waals surface area contributed by atoms with Crippen LogP contribution in [-0.2, 0) is 16.0 Å². The van der Waals surface area contributed by atoms with E-state index in [2.05, 4.69) is 40.5 Å². The number of ether oxygens (including phenoxy) is 3. The number of fused-ring (bicyclic) bond motifs is 1. The Labute approximate surface area is 211 Å². The van der Waals surface area contributed by atoms with Gasteiger partial charge >= 0.3 is 0 Å². The number of carbonyl (C=O) groups excluding carboxylic acids is 2. The van der Waals surface area contributed by atoms with Crippen molar-refractivity contribution in [1.29, 1.82) is 0 Å². The normalized spacial score (nSPS) is 13.9. The predicted molar refractivity (Wildman–Crippen MR) is 140 cm³/mol. The largest absolute Gasteiger partial charge is 0.493 e. The number of hydrogen-bond donors (Lipinski definition) is 1. The molecule has 1 aliphatic heterocycles. The van der Waals surface area contributed by atoms with Crippen LogP contribution in [0.25, 0.3) is 21.9 Å². The summed E-state index contributed by atoms with van der Waals surface area (Å²) < 4.78 is 16.4. The SMILES string of the molecule is CNC(=O)CN1CCN(C(=O)Cc2ccc3cc(-c4cc(OC)c(OC)c(OC)c4)ccc3c2)CC1. The molecule has 0 unspecified atom stereocenters. The Balaban J connectivity index is 1.46. The van der Waals surface area contributed by atoms with Gasteiger partial charge in [0.2, 0.25) is 17.6 Å². The minimum atomic E-state index is -0.000590. The molecule has 0 aliphatic carbocycles. The van der Waals surface area contributed by atoms with Crippen molar-refractivity contribution in [2.24, 2.45) is 0 Å². The van der Waals surface area contributed by atoms with E-state index < -0.39 is 0 Å². The van der Waals surface area contributed by atoms with Crippen molar-refractivity contribution in [3.8, 4) is 28.4 Å². The number of piperazine rings is 1. The van der Waals surface area contributed by atoms with Gasteiger partial charge in [0, 0.05) is 33.2 Å². The Kier molecular flexibility index (Phi) is 7.95. The molecular weight excluding hydrogens is 458 g/mol. The summed E-state index contributed by atoms with van der Waals surface area (Å²) in [6.07, 6.45) is 0.361. The molecule has 1 N–H and O–H groups in total. The molecular formula is C28H33N3O5. The van der Waals surface area contributed by atoms with Crippen molar-refractivity contribution < 1.29 is 23.8 Å². The Hall–Kier alpha value is -3.78. The summed E-state index contributed by atoms with van der Waals surface area (Å²) in [5.41, 5.74) is 2.97. The maximum absolute atomic E-state index is 12.9. The van der Waals surface area contributed by atoms with Gasteiger partial charge in [-0.1, -0.05) is 30.3 Å². The van der Waals surface area contributed by atoms with Gasteiger partial charge in [0.25, 0.3) is 0 Å². The van der Waals surface area contributed by atoms with Gasteiger partial charge in [0.05, 0.1) is 34.3 Å². The fourth-order valence-electron chi connectivity index (χ4n) is 4.56. The molecule has 8 nitrogen and oxygen atoms in total. The number of carbonyl (C=O) groups is 2. The van der Waals surface area contributed by atoms with Crippen molar-refractivity contribution in [3.05, 3.63) is 54.1 Å². The smallest absolute Gasteiger partial charge is 0.233 e. The molecule has 0 radical (unpaired) electrons. The topological polar surface area (TPSA) is 80.3 Å². The van der Waals surface area contributed by atoms with Crippen molar-refractivity contribution >= 4 is 22.6 Å². The summed E-state index contributed by atoms with van der Waals surface area (Å²) in [5.74, 6) is 1.89. The van der Waals surface area contributed by atoms with E-state index in [-0.39, 0.29) is 11.8 Å². The van der Waals surface area contributed by atoms with Crippen LogP contribution in [0.4, 0.5) is 0 Å². The standard InChI is InChI=1S/C28H33N3O5/c1-29-26(32)18-30-9-11-31(12-10-30)27(33)14-19-5-6-21-15-22(8-7-20(21)13-19)23-16-24(34-2)28(36-4)25(17-23)35-3/h5-8,13,15-17H,9-12,14,18H2,1-4H3,(H,29,32). The number of nitrogens with one attached hydrogen (secondary N) is 1. The average molecular weight is 492 g/mol. The van der Waals surface area contributed by atoms with Crippen LogP contribution < -0.4 is 19.5 Å². The zero-order valence-corrected chi connectivity index (χ0v) is 21.3. The zero-order valence-electron chi connectivity index (χ0n) is 21.3. The Morgan fingerprint density at radius 1 is 0.806 bits per heavy atom. The average Bonchev–Trinajstić information content (AvgIpc) is 2.92. The summed E-state index contributed by atoms with van der Waals surface area (Å²) in [7, 11) is 6.44. The molecule has 3 aromatic carbocycles. The van der Waals surface area contributed by atoms with Crippen LogP contribution in [0.15, 0.2) is 48.5 Å². The van der Waals surface area contributed by atoms with Crippen LogP contribution in [0, 0.1) is 0 Å². The highest BCUT2D eigenvalue weighted by atomic mass is 16.5. The quantitative estimate of drug-likeness (QED) is 0.522. The molecule has 0 aromatic heterocycles. The third-order valence-electron chi connectivity index (χ3n) is 6.63. The first kappa shape index (κ1) is 25.3. The van der Waals surface area contributed by atoms with Crippen molar-refractivity contribution in [3.63, 3.8) is 0 Å². The van der Waals surface area contributed by atoms with Gasteiger partial charge < -0.3 is 24.4 Å². The lowest BCUT2D eigenvalue weighted by atomic mass is 9.98. The number of amides is 2. The van der Waals surface area contributed by atoms with Gasteiger partial charge in [-0.3, -0.25) is 14.5 Å². The van der Waals surface area contributed by atoms with Gasteiger partial charge in [-0.05, 0) is 45.7 Å². The minimum absolute atomic E-state index is 0.000590. The maximum Gasteiger partial charge on any atom is 0.233 e. The van der Waals surface area contributed by atoms with Gasteiger partial charge in [-0.25, -0.2) is 0 Å². The zero-order chi connectivity index (χ0) is 25.7. The number of rotatable bonds is 8. The molecule has 1 aliphatic rings. The van der Waals surface area contributed by atoms with E-state index in [0.29, 0.717) is 56.4 Å². The second kappa shape index (κ2) is 11.3. The fourth-order valence-corrected chi connectivity index (χ4v) is 4.56. The first-order valence-corrected chi connectivity index (χ1v) is 12.0. The monoisotopic (exact) mass is 491 g/mol. The molecule has 1 fully saturated rings. The molecule has 8 heteroatoms. The number of likely N-dealkylation sites (N-methyl/N-ethyl adjacent to an activating group) is 1. The van der Waals surface area contributed by atoms with Crippen LogP contribution in [0.2, 0.25) is 0 Å². The van der Waals surface area contributed by atoms with E-state index in [0.717, 1.165) is 27.5 Å². The number of methoxy groups -OCH3 is 3. The number of nitrogens with zero attached hydrogens (tertiary/aromatic N) is 2. The molecule has 3 aromatic rings. The summed E-state index contributed by atoms with van der Waals surface area (Å²) in [4.78, 5) is 28.4. The van der Waals surface area contributed by atoms with Gasteiger partial charge in [-0.2, -0.15) is 0 Å². The van der Waals surface area contributed by atoms with Gasteiger partial charge in [0.15, 0.2) is 11.5 Å². The lowest BCUT2D eigenvalue weighted by molar-refractivity contribution is -0.132. The van der Waals surface area contributed by atoms with Crippen LogP contribution in [-0.4, -0.2) is 82.7 Å². The first-order valence-electron chi connectivity index (χ1n) is 12.0. The third kappa shape index (κ3) is 5.54. The van der Waals surface area contributed by atoms with Crippen molar-refractivity contribution in [2.75, 3.05) is 61.1 Å². The summed E-state index contributed by atoms with van der Waals surface area (Å²) in [5, 5.41) is 4.80. The minimum Gasteiger partial charge on any atom is -0.493 e. The summed E-state index contributed by atoms with van der Waals surface area (Å²) in [6.45, 7) is 3.07. The van der Waals surface area contributed by atoms with E-state index in [1.54, 1.807) is 28.4 Å². The highest BCUT2D eigenvalue weighted by molar-refractivity contribution is 5.89. The molecule has 190 valence electrons. The van der Waals surface area contributed by atoms with E-state index >= 15 is 0 Å². The molecule has 4 rings (SSSR count). The van der Waals surface area contributed by atoms with Crippen molar-refractivity contribution in [1.82, 2.24) is 15.1 Å². The van der Waals surface area contributed by atoms with Crippen LogP contribution in [0.1, 0.15) is 5.56 Å². The Morgan fingerprint density at radius 2 is 1.44 bits per heavy atom. The fraction of sp³-hybridized carbons (Fsp3) is 0.357. The van der Waals surface area contributed by atoms with Gasteiger partial charge in [-0.15, -0.1) is 0 Å². The van der Waals surface area contributed by atoms with E-state index in [4.69, 9.17) is 14.2 Å². The molecule has 0 bridgehead atoms. The summed E-state index contributed by atoms with van der Waals surface area (Å²) in [6, 6.07) is 16.3. The molecule has 1 saturated heterocycles. The lowest BCUT2D eigenvalue weighted by Crippen LogP contribution is -2.51. The van der Waals surface area contributed by atoms with Crippen LogP contribution >= 0.6 is 0 Å². The summed E-state index contributed by atoms with van der Waals surface area (Å²) >= 11 is 0. The number of benzene rings is 3. The highest BCUT2D eigenvalue weighted by Crippen LogP contribution is 2.41. The van der Waals surface area contributed by atoms with E-state index in [1.807, 2.05) is 23.1 Å². The predicted octanol–water partition coefficient (Wildman–Crippen LogP) is 2.97. The van der Waals surface area contributed by atoms with Gasteiger partial charge in [0.1, 0.15) is 0 Å². The molecule has 36 heavy (non-hydrogen) atoms. The molecule has 0 spiro atoms. The molecule has 1 heterocycles.